The standard InChI is InChI=1S/C12H21NO/c13-10-6-5-9-12(14)11-7-3-1-2-4-8-11/h7H,1-6,8-10,13H2. The molecule has 1 aliphatic rings. The van der Waals surface area contributed by atoms with Gasteiger partial charge in [0.05, 0.1) is 0 Å². The number of rotatable bonds is 5. The van der Waals surface area contributed by atoms with E-state index in [1.54, 1.807) is 0 Å². The zero-order valence-corrected chi connectivity index (χ0v) is 8.93. The Morgan fingerprint density at radius 1 is 1.29 bits per heavy atom. The van der Waals surface area contributed by atoms with Crippen LogP contribution in [0.25, 0.3) is 0 Å². The van der Waals surface area contributed by atoms with Crippen LogP contribution in [0.15, 0.2) is 11.6 Å². The third kappa shape index (κ3) is 4.05. The van der Waals surface area contributed by atoms with Crippen molar-refractivity contribution in [1.82, 2.24) is 0 Å². The molecule has 2 N–H and O–H groups in total. The molecule has 0 aromatic heterocycles. The van der Waals surface area contributed by atoms with Crippen molar-refractivity contribution in [2.75, 3.05) is 6.54 Å². The van der Waals surface area contributed by atoms with Gasteiger partial charge in [0.15, 0.2) is 5.78 Å². The van der Waals surface area contributed by atoms with Gasteiger partial charge in [-0.15, -0.1) is 0 Å². The summed E-state index contributed by atoms with van der Waals surface area (Å²) in [4.78, 5) is 11.7. The molecule has 0 fully saturated rings. The molecule has 1 rings (SSSR count). The first-order valence-corrected chi connectivity index (χ1v) is 5.77. The van der Waals surface area contributed by atoms with E-state index in [2.05, 4.69) is 6.08 Å². The molecule has 0 spiro atoms. The Kier molecular flexibility index (Phi) is 5.53. The summed E-state index contributed by atoms with van der Waals surface area (Å²) in [5, 5.41) is 0. The molecule has 14 heavy (non-hydrogen) atoms. The lowest BCUT2D eigenvalue weighted by Gasteiger charge is -2.03. The van der Waals surface area contributed by atoms with Gasteiger partial charge in [-0.05, 0) is 50.6 Å². The number of carbonyl (C=O) groups excluding carboxylic acids is 1. The van der Waals surface area contributed by atoms with E-state index in [1.807, 2.05) is 0 Å². The van der Waals surface area contributed by atoms with Crippen LogP contribution in [0, 0.1) is 0 Å². The lowest BCUT2D eigenvalue weighted by atomic mass is 10.0. The fourth-order valence-electron chi connectivity index (χ4n) is 1.86. The lowest BCUT2D eigenvalue weighted by Crippen LogP contribution is -2.04. The molecule has 2 nitrogen and oxygen atoms in total. The topological polar surface area (TPSA) is 43.1 Å². The van der Waals surface area contributed by atoms with Crippen molar-refractivity contribution in [1.29, 1.82) is 0 Å². The van der Waals surface area contributed by atoms with Crippen LogP contribution in [-0.4, -0.2) is 12.3 Å². The van der Waals surface area contributed by atoms with Crippen LogP contribution in [0.2, 0.25) is 0 Å². The minimum absolute atomic E-state index is 0.361. The van der Waals surface area contributed by atoms with Gasteiger partial charge in [0.1, 0.15) is 0 Å². The quantitative estimate of drug-likeness (QED) is 0.685. The van der Waals surface area contributed by atoms with E-state index >= 15 is 0 Å². The number of carbonyl (C=O) groups is 1. The number of hydrogen-bond donors (Lipinski definition) is 1. The molecular weight excluding hydrogens is 174 g/mol. The molecule has 0 aromatic rings. The summed E-state index contributed by atoms with van der Waals surface area (Å²) in [5.41, 5.74) is 6.48. The van der Waals surface area contributed by atoms with Crippen LogP contribution in [0.4, 0.5) is 0 Å². The molecule has 0 bridgehead atoms. The summed E-state index contributed by atoms with van der Waals surface area (Å²) in [6.45, 7) is 0.701. The molecule has 0 aliphatic heterocycles. The first-order valence-electron chi connectivity index (χ1n) is 5.77. The Morgan fingerprint density at radius 2 is 2.14 bits per heavy atom. The molecule has 0 atom stereocenters. The van der Waals surface area contributed by atoms with Gasteiger partial charge in [-0.25, -0.2) is 0 Å². The minimum atomic E-state index is 0.361. The zero-order valence-electron chi connectivity index (χ0n) is 8.93. The van der Waals surface area contributed by atoms with E-state index in [4.69, 9.17) is 5.73 Å². The zero-order chi connectivity index (χ0) is 10.2. The minimum Gasteiger partial charge on any atom is -0.330 e. The van der Waals surface area contributed by atoms with Crippen molar-refractivity contribution < 1.29 is 4.79 Å². The number of Topliss-reactive ketones (excluding diaryl/α,β-unsaturated/α-hetero) is 1. The molecule has 0 heterocycles. The van der Waals surface area contributed by atoms with Crippen molar-refractivity contribution in [3.05, 3.63) is 11.6 Å². The highest BCUT2D eigenvalue weighted by molar-refractivity contribution is 5.95. The van der Waals surface area contributed by atoms with Crippen LogP contribution in [0.5, 0.6) is 0 Å². The predicted molar refractivity (Wildman–Crippen MR) is 59.1 cm³/mol. The number of unbranched alkanes of at least 4 members (excludes halogenated alkanes) is 1. The number of hydrogen-bond acceptors (Lipinski definition) is 2. The summed E-state index contributed by atoms with van der Waals surface area (Å²) < 4.78 is 0. The highest BCUT2D eigenvalue weighted by Crippen LogP contribution is 2.19. The SMILES string of the molecule is NCCCCC(=O)C1=CCCCCC1. The fraction of sp³-hybridized carbons (Fsp3) is 0.750. The average molecular weight is 195 g/mol. The first-order chi connectivity index (χ1) is 6.84. The molecule has 0 saturated heterocycles. The molecule has 0 aromatic carbocycles. The smallest absolute Gasteiger partial charge is 0.158 e. The third-order valence-corrected chi connectivity index (χ3v) is 2.76. The second-order valence-electron chi connectivity index (χ2n) is 4.00. The Bertz CT molecular complexity index is 208. The largest absolute Gasteiger partial charge is 0.330 e. The van der Waals surface area contributed by atoms with E-state index in [1.165, 1.54) is 19.3 Å². The molecule has 0 saturated carbocycles. The van der Waals surface area contributed by atoms with Gasteiger partial charge in [0.2, 0.25) is 0 Å². The van der Waals surface area contributed by atoms with Crippen LogP contribution >= 0.6 is 0 Å². The van der Waals surface area contributed by atoms with Gasteiger partial charge < -0.3 is 5.73 Å². The molecular formula is C12H21NO. The Labute approximate surface area is 86.6 Å². The molecule has 0 radical (unpaired) electrons. The highest BCUT2D eigenvalue weighted by atomic mass is 16.1. The van der Waals surface area contributed by atoms with E-state index in [0.29, 0.717) is 18.7 Å². The van der Waals surface area contributed by atoms with Crippen LogP contribution in [0.3, 0.4) is 0 Å². The average Bonchev–Trinajstić information content (AvgIpc) is 2.46. The molecule has 0 unspecified atom stereocenters. The first kappa shape index (κ1) is 11.4. The summed E-state index contributed by atoms with van der Waals surface area (Å²) >= 11 is 0. The van der Waals surface area contributed by atoms with Crippen molar-refractivity contribution in [2.45, 2.75) is 51.4 Å². The van der Waals surface area contributed by atoms with Crippen LogP contribution in [0.1, 0.15) is 51.4 Å². The van der Waals surface area contributed by atoms with Crippen LogP contribution in [-0.2, 0) is 4.79 Å². The lowest BCUT2D eigenvalue weighted by molar-refractivity contribution is -0.115. The van der Waals surface area contributed by atoms with Gasteiger partial charge in [0.25, 0.3) is 0 Å². The summed E-state index contributed by atoms with van der Waals surface area (Å²) in [6.07, 6.45) is 10.6. The van der Waals surface area contributed by atoms with Crippen molar-refractivity contribution in [3.63, 3.8) is 0 Å². The Morgan fingerprint density at radius 3 is 2.93 bits per heavy atom. The van der Waals surface area contributed by atoms with Crippen molar-refractivity contribution in [2.24, 2.45) is 5.73 Å². The maximum Gasteiger partial charge on any atom is 0.158 e. The van der Waals surface area contributed by atoms with E-state index in [9.17, 15) is 4.79 Å². The molecule has 1 aliphatic carbocycles. The summed E-state index contributed by atoms with van der Waals surface area (Å²) in [5.74, 6) is 0.361. The van der Waals surface area contributed by atoms with Gasteiger partial charge in [-0.3, -0.25) is 4.79 Å². The number of allylic oxidation sites excluding steroid dienone is 2. The maximum atomic E-state index is 11.7. The normalized spacial score (nSPS) is 17.4. The predicted octanol–water partition coefficient (Wildman–Crippen LogP) is 2.58. The monoisotopic (exact) mass is 195 g/mol. The third-order valence-electron chi connectivity index (χ3n) is 2.76. The van der Waals surface area contributed by atoms with Crippen molar-refractivity contribution in [3.8, 4) is 0 Å². The van der Waals surface area contributed by atoms with Gasteiger partial charge in [-0.2, -0.15) is 0 Å². The summed E-state index contributed by atoms with van der Waals surface area (Å²) in [7, 11) is 0. The van der Waals surface area contributed by atoms with E-state index in [-0.39, 0.29) is 0 Å². The van der Waals surface area contributed by atoms with E-state index < -0.39 is 0 Å². The van der Waals surface area contributed by atoms with Gasteiger partial charge >= 0.3 is 0 Å². The second kappa shape index (κ2) is 6.77. The molecule has 80 valence electrons. The fourth-order valence-corrected chi connectivity index (χ4v) is 1.86. The Balaban J connectivity index is 2.30. The summed E-state index contributed by atoms with van der Waals surface area (Å²) in [6, 6.07) is 0. The Hall–Kier alpha value is -0.630. The maximum absolute atomic E-state index is 11.7. The van der Waals surface area contributed by atoms with E-state index in [0.717, 1.165) is 31.3 Å². The van der Waals surface area contributed by atoms with Gasteiger partial charge in [0, 0.05) is 6.42 Å². The van der Waals surface area contributed by atoms with Crippen LogP contribution < -0.4 is 5.73 Å². The number of nitrogens with two attached hydrogens (primary N) is 1. The van der Waals surface area contributed by atoms with Gasteiger partial charge in [-0.1, -0.05) is 12.5 Å². The van der Waals surface area contributed by atoms with Crippen molar-refractivity contribution >= 4 is 5.78 Å². The molecule has 0 amide bonds. The molecule has 2 heteroatoms. The number of ketones is 1. The highest BCUT2D eigenvalue weighted by Gasteiger charge is 2.10. The second-order valence-corrected chi connectivity index (χ2v) is 4.00.